The number of carbonyl (C=O) groups is 4. The fourth-order valence-electron chi connectivity index (χ4n) is 4.40. The number of esters is 1. The average Bonchev–Trinajstić information content (AvgIpc) is 2.90. The Balaban J connectivity index is 2.52. The summed E-state index contributed by atoms with van der Waals surface area (Å²) in [6.07, 6.45) is 0.0573. The maximum Gasteiger partial charge on any atom is 0.408 e. The van der Waals surface area contributed by atoms with Crippen molar-refractivity contribution >= 4 is 23.9 Å². The van der Waals surface area contributed by atoms with Crippen molar-refractivity contribution in [2.75, 3.05) is 13.2 Å². The largest absolute Gasteiger partial charge is 0.466 e. The molecule has 3 atom stereocenters. The Morgan fingerprint density at radius 3 is 2.17 bits per heavy atom. The summed E-state index contributed by atoms with van der Waals surface area (Å²) in [5.41, 5.74) is 1.57. The van der Waals surface area contributed by atoms with E-state index in [2.05, 4.69) is 10.6 Å². The Hall–Kier alpha value is -3.88. The van der Waals surface area contributed by atoms with Crippen molar-refractivity contribution in [3.05, 3.63) is 71.3 Å². The van der Waals surface area contributed by atoms with Crippen molar-refractivity contribution in [2.45, 2.75) is 91.5 Å². The van der Waals surface area contributed by atoms with Crippen LogP contribution in [0.2, 0.25) is 0 Å². The Bertz CT molecular complexity index is 1160. The highest BCUT2D eigenvalue weighted by atomic mass is 16.6. The highest BCUT2D eigenvalue weighted by molar-refractivity contribution is 5.93. The normalized spacial score (nSPS) is 13.3. The number of carbonyl (C=O) groups excluding carboxylic acids is 4. The van der Waals surface area contributed by atoms with Crippen molar-refractivity contribution in [1.82, 2.24) is 15.5 Å². The lowest BCUT2D eigenvalue weighted by Gasteiger charge is -2.38. The second-order valence-corrected chi connectivity index (χ2v) is 11.0. The molecule has 9 heteroatoms. The zero-order chi connectivity index (χ0) is 30.6. The van der Waals surface area contributed by atoms with Gasteiger partial charge >= 0.3 is 12.1 Å². The highest BCUT2D eigenvalue weighted by Gasteiger charge is 2.39. The lowest BCUT2D eigenvalue weighted by atomic mass is 9.95. The fourth-order valence-corrected chi connectivity index (χ4v) is 4.40. The third-order valence-electron chi connectivity index (χ3n) is 6.54. The van der Waals surface area contributed by atoms with E-state index in [1.54, 1.807) is 32.6 Å². The van der Waals surface area contributed by atoms with Crippen molar-refractivity contribution in [3.63, 3.8) is 0 Å². The van der Waals surface area contributed by atoms with E-state index in [1.165, 1.54) is 0 Å². The number of benzene rings is 2. The molecular formula is C32H45N3O6. The minimum absolute atomic E-state index is 0.00812. The average molecular weight is 568 g/mol. The number of alkyl carbamates (subject to hydrolysis) is 1. The van der Waals surface area contributed by atoms with Crippen LogP contribution in [0.1, 0.15) is 77.1 Å². The Labute approximate surface area is 244 Å². The van der Waals surface area contributed by atoms with E-state index in [0.29, 0.717) is 12.0 Å². The van der Waals surface area contributed by atoms with Crippen LogP contribution in [-0.4, -0.2) is 59.6 Å². The van der Waals surface area contributed by atoms with Crippen LogP contribution >= 0.6 is 0 Å². The van der Waals surface area contributed by atoms with Gasteiger partial charge in [-0.05, 0) is 64.7 Å². The van der Waals surface area contributed by atoms with Crippen LogP contribution in [-0.2, 0) is 30.3 Å². The van der Waals surface area contributed by atoms with E-state index in [-0.39, 0.29) is 32.0 Å². The van der Waals surface area contributed by atoms with Crippen LogP contribution in [0, 0.1) is 6.92 Å². The van der Waals surface area contributed by atoms with Crippen LogP contribution in [0.25, 0.3) is 0 Å². The molecule has 0 bridgehead atoms. The second kappa shape index (κ2) is 15.8. The molecule has 0 radical (unpaired) electrons. The molecule has 9 nitrogen and oxygen atoms in total. The maximum absolute atomic E-state index is 14.4. The van der Waals surface area contributed by atoms with Gasteiger partial charge in [-0.1, -0.05) is 61.5 Å². The summed E-state index contributed by atoms with van der Waals surface area (Å²) in [7, 11) is 0. The molecule has 2 rings (SSSR count). The van der Waals surface area contributed by atoms with Gasteiger partial charge in [0.2, 0.25) is 11.8 Å². The van der Waals surface area contributed by atoms with E-state index < -0.39 is 41.6 Å². The molecule has 0 aromatic heterocycles. The molecule has 2 aromatic rings. The topological polar surface area (TPSA) is 114 Å². The summed E-state index contributed by atoms with van der Waals surface area (Å²) in [6, 6.07) is 14.4. The molecule has 3 unspecified atom stereocenters. The first-order chi connectivity index (χ1) is 19.4. The number of hydrogen-bond acceptors (Lipinski definition) is 6. The SMILES string of the molecule is CCOC(=O)CCNC(=O)C(c1ccccc1C)N(C(=O)C(Cc1ccccc1)NC(=O)OC(C)(C)C)C(C)CC. The van der Waals surface area contributed by atoms with Gasteiger partial charge in [0.15, 0.2) is 0 Å². The number of aryl methyl sites for hydroxylation is 1. The molecule has 0 heterocycles. The maximum atomic E-state index is 14.4. The number of rotatable bonds is 13. The van der Waals surface area contributed by atoms with Gasteiger partial charge in [-0.15, -0.1) is 0 Å². The Morgan fingerprint density at radius 2 is 1.59 bits per heavy atom. The summed E-state index contributed by atoms with van der Waals surface area (Å²) in [5, 5.41) is 5.59. The van der Waals surface area contributed by atoms with E-state index >= 15 is 0 Å². The van der Waals surface area contributed by atoms with Gasteiger partial charge in [-0.3, -0.25) is 14.4 Å². The summed E-state index contributed by atoms with van der Waals surface area (Å²) in [4.78, 5) is 54.6. The molecule has 2 aromatic carbocycles. The van der Waals surface area contributed by atoms with E-state index in [0.717, 1.165) is 11.1 Å². The van der Waals surface area contributed by atoms with E-state index in [9.17, 15) is 19.2 Å². The predicted molar refractivity (Wildman–Crippen MR) is 158 cm³/mol. The minimum Gasteiger partial charge on any atom is -0.466 e. The molecular weight excluding hydrogens is 522 g/mol. The zero-order valence-corrected chi connectivity index (χ0v) is 25.4. The van der Waals surface area contributed by atoms with Crippen LogP contribution in [0.4, 0.5) is 4.79 Å². The highest BCUT2D eigenvalue weighted by Crippen LogP contribution is 2.29. The van der Waals surface area contributed by atoms with Gasteiger partial charge in [-0.25, -0.2) is 4.79 Å². The zero-order valence-electron chi connectivity index (χ0n) is 25.4. The van der Waals surface area contributed by atoms with Gasteiger partial charge in [0.1, 0.15) is 17.7 Å². The van der Waals surface area contributed by atoms with Crippen LogP contribution in [0.3, 0.4) is 0 Å². The van der Waals surface area contributed by atoms with Crippen molar-refractivity contribution < 1.29 is 28.7 Å². The number of amides is 3. The molecule has 41 heavy (non-hydrogen) atoms. The van der Waals surface area contributed by atoms with Gasteiger partial charge in [0, 0.05) is 19.0 Å². The smallest absolute Gasteiger partial charge is 0.408 e. The van der Waals surface area contributed by atoms with Gasteiger partial charge < -0.3 is 25.0 Å². The number of nitrogens with zero attached hydrogens (tertiary/aromatic N) is 1. The Morgan fingerprint density at radius 1 is 0.951 bits per heavy atom. The van der Waals surface area contributed by atoms with Gasteiger partial charge in [0.05, 0.1) is 13.0 Å². The quantitative estimate of drug-likeness (QED) is 0.334. The third kappa shape index (κ3) is 10.6. The fraction of sp³-hybridized carbons (Fsp3) is 0.500. The minimum atomic E-state index is -1.00. The van der Waals surface area contributed by atoms with Gasteiger partial charge in [-0.2, -0.15) is 0 Å². The lowest BCUT2D eigenvalue weighted by Crippen LogP contribution is -2.56. The molecule has 0 fully saturated rings. The number of hydrogen-bond donors (Lipinski definition) is 2. The molecule has 2 N–H and O–H groups in total. The van der Waals surface area contributed by atoms with Crippen molar-refractivity contribution in [1.29, 1.82) is 0 Å². The molecule has 3 amide bonds. The second-order valence-electron chi connectivity index (χ2n) is 11.0. The molecule has 224 valence electrons. The third-order valence-corrected chi connectivity index (χ3v) is 6.54. The number of nitrogens with one attached hydrogen (secondary N) is 2. The van der Waals surface area contributed by atoms with E-state index in [4.69, 9.17) is 9.47 Å². The molecule has 0 aliphatic rings. The monoisotopic (exact) mass is 567 g/mol. The first kappa shape index (κ1) is 33.3. The van der Waals surface area contributed by atoms with Gasteiger partial charge in [0.25, 0.3) is 0 Å². The first-order valence-corrected chi connectivity index (χ1v) is 14.2. The molecule has 0 saturated carbocycles. The molecule has 0 aliphatic heterocycles. The summed E-state index contributed by atoms with van der Waals surface area (Å²) in [6.45, 7) is 13.0. The standard InChI is InChI=1S/C32H45N3O6/c1-8-23(4)35(28(25-18-14-13-15-22(25)3)29(37)33-20-19-27(36)40-9-2)30(38)26(21-24-16-11-10-12-17-24)34-31(39)41-32(5,6)7/h10-18,23,26,28H,8-9,19-21H2,1-7H3,(H,33,37)(H,34,39). The molecule has 0 spiro atoms. The number of ether oxygens (including phenoxy) is 2. The lowest BCUT2D eigenvalue weighted by molar-refractivity contribution is -0.146. The summed E-state index contributed by atoms with van der Waals surface area (Å²) in [5.74, 6) is -1.25. The first-order valence-electron chi connectivity index (χ1n) is 14.2. The summed E-state index contributed by atoms with van der Waals surface area (Å²) < 4.78 is 10.5. The van der Waals surface area contributed by atoms with Crippen molar-refractivity contribution in [2.24, 2.45) is 0 Å². The molecule has 0 saturated heterocycles. The van der Waals surface area contributed by atoms with E-state index in [1.807, 2.05) is 75.4 Å². The van der Waals surface area contributed by atoms with Crippen LogP contribution in [0.5, 0.6) is 0 Å². The van der Waals surface area contributed by atoms with Crippen LogP contribution < -0.4 is 10.6 Å². The summed E-state index contributed by atoms with van der Waals surface area (Å²) >= 11 is 0. The predicted octanol–water partition coefficient (Wildman–Crippen LogP) is 4.87. The Kier molecular flexibility index (Phi) is 12.8. The van der Waals surface area contributed by atoms with Crippen molar-refractivity contribution in [3.8, 4) is 0 Å². The van der Waals surface area contributed by atoms with Crippen LogP contribution in [0.15, 0.2) is 54.6 Å². The molecule has 0 aliphatic carbocycles.